The van der Waals surface area contributed by atoms with Crippen LogP contribution in [0.1, 0.15) is 10.4 Å². The summed E-state index contributed by atoms with van der Waals surface area (Å²) in [5.41, 5.74) is 0.426. The fraction of sp³-hybridized carbons (Fsp3) is 0.250. The highest BCUT2D eigenvalue weighted by Gasteiger charge is 2.18. The summed E-state index contributed by atoms with van der Waals surface area (Å²) in [5.74, 6) is -0.361. The molecule has 0 saturated heterocycles. The fourth-order valence-corrected chi connectivity index (χ4v) is 2.52. The smallest absolute Gasteiger partial charge is 0.337 e. The molecule has 0 unspecified atom stereocenters. The van der Waals surface area contributed by atoms with Gasteiger partial charge in [0.2, 0.25) is 0 Å². The fourth-order valence-electron chi connectivity index (χ4n) is 1.42. The molecule has 0 radical (unpaired) electrons. The van der Waals surface area contributed by atoms with E-state index in [0.29, 0.717) is 0 Å². The third kappa shape index (κ3) is 4.30. The normalized spacial score (nSPS) is 11.7. The van der Waals surface area contributed by atoms with E-state index in [1.807, 2.05) is 0 Å². The zero-order chi connectivity index (χ0) is 16.0. The lowest BCUT2D eigenvalue weighted by Gasteiger charge is -2.12. The summed E-state index contributed by atoms with van der Waals surface area (Å²) < 4.78 is 35.8. The minimum atomic E-state index is -3.83. The van der Waals surface area contributed by atoms with Crippen LogP contribution in [0, 0.1) is 0 Å². The van der Waals surface area contributed by atoms with Crippen LogP contribution in [0.5, 0.6) is 5.75 Å². The van der Waals surface area contributed by atoms with Gasteiger partial charge in [0.1, 0.15) is 9.99 Å². The molecule has 0 aliphatic rings. The molecule has 116 valence electrons. The molecule has 1 rings (SSSR count). The van der Waals surface area contributed by atoms with Crippen molar-refractivity contribution < 1.29 is 22.7 Å². The van der Waals surface area contributed by atoms with E-state index in [0.717, 1.165) is 0 Å². The Balaban J connectivity index is 3.15. The Hall–Kier alpha value is -1.87. The van der Waals surface area contributed by atoms with E-state index in [2.05, 4.69) is 27.4 Å². The molecule has 21 heavy (non-hydrogen) atoms. The average molecular weight is 332 g/mol. The van der Waals surface area contributed by atoms with Gasteiger partial charge in [-0.15, -0.1) is 12.6 Å². The van der Waals surface area contributed by atoms with Crippen molar-refractivity contribution in [2.24, 2.45) is 0 Å². The van der Waals surface area contributed by atoms with Crippen LogP contribution >= 0.6 is 12.6 Å². The summed E-state index contributed by atoms with van der Waals surface area (Å²) in [6, 6.07) is 4.21. The molecular weight excluding hydrogens is 316 g/mol. The summed E-state index contributed by atoms with van der Waals surface area (Å²) in [6.07, 6.45) is 1.22. The van der Waals surface area contributed by atoms with Crippen LogP contribution in [0.15, 0.2) is 28.6 Å². The SMILES string of the molecule is CN/C=C(\S)S(=O)(=O)Nc1ccc(C(=O)OC)cc1OC. The Morgan fingerprint density at radius 1 is 1.33 bits per heavy atom. The Bertz CT molecular complexity index is 656. The van der Waals surface area contributed by atoms with E-state index in [9.17, 15) is 13.2 Å². The molecule has 0 amide bonds. The van der Waals surface area contributed by atoms with Gasteiger partial charge in [0.25, 0.3) is 10.0 Å². The number of carbonyl (C=O) groups is 1. The van der Waals surface area contributed by atoms with Crippen molar-refractivity contribution >= 4 is 34.3 Å². The van der Waals surface area contributed by atoms with Gasteiger partial charge >= 0.3 is 5.97 Å². The van der Waals surface area contributed by atoms with Gasteiger partial charge in [0.05, 0.1) is 25.5 Å². The predicted octanol–water partition coefficient (Wildman–Crippen LogP) is 1.17. The van der Waals surface area contributed by atoms with E-state index in [1.54, 1.807) is 7.05 Å². The number of anilines is 1. The van der Waals surface area contributed by atoms with Crippen LogP contribution < -0.4 is 14.8 Å². The highest BCUT2D eigenvalue weighted by Crippen LogP contribution is 2.28. The van der Waals surface area contributed by atoms with Gasteiger partial charge in [-0.3, -0.25) is 4.72 Å². The van der Waals surface area contributed by atoms with Crippen LogP contribution in [-0.2, 0) is 14.8 Å². The maximum absolute atomic E-state index is 12.0. The number of esters is 1. The maximum Gasteiger partial charge on any atom is 0.337 e. The standard InChI is InChI=1S/C12H16N2O5S2/c1-13-7-11(20)21(16,17)14-9-5-4-8(12(15)19-3)6-10(9)18-2/h4-7,13-14,20H,1-3H3/b11-7+. The molecule has 0 spiro atoms. The number of methoxy groups -OCH3 is 2. The van der Waals surface area contributed by atoms with Crippen LogP contribution in [0.25, 0.3) is 0 Å². The summed E-state index contributed by atoms with van der Waals surface area (Å²) in [5, 5.41) is 2.57. The van der Waals surface area contributed by atoms with Crippen molar-refractivity contribution in [2.45, 2.75) is 0 Å². The van der Waals surface area contributed by atoms with Crippen LogP contribution in [0.3, 0.4) is 0 Å². The van der Waals surface area contributed by atoms with E-state index in [4.69, 9.17) is 4.74 Å². The van der Waals surface area contributed by atoms with Crippen molar-refractivity contribution in [1.29, 1.82) is 0 Å². The maximum atomic E-state index is 12.0. The number of hydrogen-bond acceptors (Lipinski definition) is 7. The molecule has 1 aromatic rings. The van der Waals surface area contributed by atoms with Crippen molar-refractivity contribution in [3.8, 4) is 5.75 Å². The quantitative estimate of drug-likeness (QED) is 0.535. The number of nitrogens with one attached hydrogen (secondary N) is 2. The largest absolute Gasteiger partial charge is 0.495 e. The van der Waals surface area contributed by atoms with Gasteiger partial charge in [-0.2, -0.15) is 0 Å². The zero-order valence-corrected chi connectivity index (χ0v) is 13.4. The van der Waals surface area contributed by atoms with Gasteiger partial charge in [0, 0.05) is 13.2 Å². The second kappa shape index (κ2) is 7.23. The number of hydrogen-bond donors (Lipinski definition) is 3. The number of benzene rings is 1. The zero-order valence-electron chi connectivity index (χ0n) is 11.7. The molecule has 0 aliphatic carbocycles. The van der Waals surface area contributed by atoms with Gasteiger partial charge in [-0.1, -0.05) is 0 Å². The molecule has 0 bridgehead atoms. The third-order valence-corrected chi connectivity index (χ3v) is 4.42. The molecule has 7 nitrogen and oxygen atoms in total. The monoisotopic (exact) mass is 332 g/mol. The predicted molar refractivity (Wildman–Crippen MR) is 83.0 cm³/mol. The lowest BCUT2D eigenvalue weighted by molar-refractivity contribution is 0.0600. The molecular formula is C12H16N2O5S2. The third-order valence-electron chi connectivity index (χ3n) is 2.41. The van der Waals surface area contributed by atoms with Crippen LogP contribution in [-0.4, -0.2) is 35.7 Å². The Morgan fingerprint density at radius 3 is 2.52 bits per heavy atom. The first-order chi connectivity index (χ1) is 9.85. The first-order valence-corrected chi connectivity index (χ1v) is 7.64. The molecule has 9 heteroatoms. The Kier molecular flexibility index (Phi) is 5.91. The van der Waals surface area contributed by atoms with E-state index in [-0.39, 0.29) is 21.2 Å². The molecule has 0 aliphatic heterocycles. The van der Waals surface area contributed by atoms with Crippen molar-refractivity contribution in [3.05, 3.63) is 34.2 Å². The first-order valence-electron chi connectivity index (χ1n) is 5.71. The van der Waals surface area contributed by atoms with E-state index in [1.165, 1.54) is 38.6 Å². The molecule has 0 saturated carbocycles. The van der Waals surface area contributed by atoms with Gasteiger partial charge in [-0.05, 0) is 18.2 Å². The molecule has 2 N–H and O–H groups in total. The minimum Gasteiger partial charge on any atom is -0.495 e. The van der Waals surface area contributed by atoms with Crippen LogP contribution in [0.4, 0.5) is 5.69 Å². The Labute approximate surface area is 128 Å². The number of thiol groups is 1. The van der Waals surface area contributed by atoms with Crippen LogP contribution in [0.2, 0.25) is 0 Å². The first kappa shape index (κ1) is 17.2. The van der Waals surface area contributed by atoms with Crippen molar-refractivity contribution in [2.75, 3.05) is 26.0 Å². The lowest BCUT2D eigenvalue weighted by Crippen LogP contribution is -2.15. The number of sulfonamides is 1. The van der Waals surface area contributed by atoms with Gasteiger partial charge in [-0.25, -0.2) is 13.2 Å². The summed E-state index contributed by atoms with van der Waals surface area (Å²) in [7, 11) is 0.334. The van der Waals surface area contributed by atoms with Crippen molar-refractivity contribution in [3.63, 3.8) is 0 Å². The number of carbonyl (C=O) groups excluding carboxylic acids is 1. The highest BCUT2D eigenvalue weighted by molar-refractivity contribution is 8.11. The second-order valence-electron chi connectivity index (χ2n) is 3.78. The Morgan fingerprint density at radius 2 is 2.00 bits per heavy atom. The number of rotatable bonds is 6. The number of ether oxygens (including phenoxy) is 2. The van der Waals surface area contributed by atoms with Gasteiger partial charge in [0.15, 0.2) is 0 Å². The highest BCUT2D eigenvalue weighted by atomic mass is 32.3. The summed E-state index contributed by atoms with van der Waals surface area (Å²) in [4.78, 5) is 11.4. The summed E-state index contributed by atoms with van der Waals surface area (Å²) >= 11 is 3.89. The molecule has 1 aromatic carbocycles. The lowest BCUT2D eigenvalue weighted by atomic mass is 10.2. The second-order valence-corrected chi connectivity index (χ2v) is 6.22. The van der Waals surface area contributed by atoms with Gasteiger partial charge < -0.3 is 14.8 Å². The van der Waals surface area contributed by atoms with E-state index < -0.39 is 16.0 Å². The summed E-state index contributed by atoms with van der Waals surface area (Å²) in [6.45, 7) is 0. The van der Waals surface area contributed by atoms with Crippen molar-refractivity contribution in [1.82, 2.24) is 5.32 Å². The topological polar surface area (TPSA) is 93.7 Å². The van der Waals surface area contributed by atoms with E-state index >= 15 is 0 Å². The molecule has 0 atom stereocenters. The molecule has 0 fully saturated rings. The molecule has 0 heterocycles. The minimum absolute atomic E-state index is 0.182. The average Bonchev–Trinajstić information content (AvgIpc) is 2.46. The molecule has 0 aromatic heterocycles.